The van der Waals surface area contributed by atoms with Gasteiger partial charge in [-0.25, -0.2) is 9.59 Å². The van der Waals surface area contributed by atoms with Crippen LogP contribution >= 0.6 is 0 Å². The van der Waals surface area contributed by atoms with Crippen molar-refractivity contribution in [2.45, 2.75) is 0 Å². The van der Waals surface area contributed by atoms with E-state index < -0.39 is 11.9 Å². The number of carboxylic acid groups (broad SMARTS) is 1. The molecule has 1 N–H and O–H groups in total. The molecule has 98 valence electrons. The highest BCUT2D eigenvalue weighted by molar-refractivity contribution is 6.02. The van der Waals surface area contributed by atoms with Crippen molar-refractivity contribution in [3.8, 4) is 5.75 Å². The highest BCUT2D eigenvalue weighted by Gasteiger charge is 2.18. The van der Waals surface area contributed by atoms with Gasteiger partial charge in [-0.15, -0.1) is 0 Å². The first-order valence-electron chi connectivity index (χ1n) is 5.17. The fourth-order valence-corrected chi connectivity index (χ4v) is 1.32. The molecule has 6 heteroatoms. The molecule has 18 heavy (non-hydrogen) atoms. The summed E-state index contributed by atoms with van der Waals surface area (Å²) in [7, 11) is 2.73. The van der Waals surface area contributed by atoms with E-state index in [1.165, 1.54) is 32.4 Å². The van der Waals surface area contributed by atoms with E-state index in [4.69, 9.17) is 14.6 Å². The fraction of sp³-hybridized carbons (Fsp3) is 0.333. The van der Waals surface area contributed by atoms with Crippen LogP contribution in [0.25, 0.3) is 0 Å². The van der Waals surface area contributed by atoms with Crippen LogP contribution in [-0.4, -0.2) is 44.5 Å². The van der Waals surface area contributed by atoms with Gasteiger partial charge in [0.2, 0.25) is 0 Å². The predicted octanol–water partition coefficient (Wildman–Crippen LogP) is 1.20. The lowest BCUT2D eigenvalue weighted by Gasteiger charge is -2.09. The second-order valence-electron chi connectivity index (χ2n) is 3.35. The molecule has 0 saturated heterocycles. The average Bonchev–Trinajstić information content (AvgIpc) is 2.37. The topological polar surface area (TPSA) is 82.1 Å². The molecule has 0 fully saturated rings. The van der Waals surface area contributed by atoms with Crippen LogP contribution in [0.1, 0.15) is 20.7 Å². The predicted molar refractivity (Wildman–Crippen MR) is 62.1 cm³/mol. The molecular formula is C12H14O6. The maximum atomic E-state index is 11.5. The van der Waals surface area contributed by atoms with Gasteiger partial charge in [-0.2, -0.15) is 0 Å². The third-order valence-electron chi connectivity index (χ3n) is 2.18. The van der Waals surface area contributed by atoms with Gasteiger partial charge in [-0.3, -0.25) is 0 Å². The number of ether oxygens (including phenoxy) is 3. The lowest BCUT2D eigenvalue weighted by atomic mass is 10.1. The van der Waals surface area contributed by atoms with Crippen molar-refractivity contribution in [1.82, 2.24) is 0 Å². The number of carbonyl (C=O) groups is 2. The highest BCUT2D eigenvalue weighted by Crippen LogP contribution is 2.19. The maximum absolute atomic E-state index is 11.5. The SMILES string of the molecule is COCCOc1ccc(C(=O)O)c(C(=O)OC)c1. The molecule has 0 bridgehead atoms. The fourth-order valence-electron chi connectivity index (χ4n) is 1.32. The Morgan fingerprint density at radius 1 is 1.17 bits per heavy atom. The molecule has 6 nitrogen and oxygen atoms in total. The van der Waals surface area contributed by atoms with Gasteiger partial charge in [-0.1, -0.05) is 0 Å². The number of rotatable bonds is 6. The Bertz CT molecular complexity index is 440. The number of carboxylic acids is 1. The summed E-state index contributed by atoms with van der Waals surface area (Å²) >= 11 is 0. The third kappa shape index (κ3) is 3.46. The number of hydrogen-bond donors (Lipinski definition) is 1. The summed E-state index contributed by atoms with van der Waals surface area (Å²) in [5.74, 6) is -1.53. The van der Waals surface area contributed by atoms with Gasteiger partial charge in [0, 0.05) is 7.11 Å². The molecule has 0 radical (unpaired) electrons. The number of methoxy groups -OCH3 is 2. The summed E-state index contributed by atoms with van der Waals surface area (Å²) in [6, 6.07) is 4.12. The van der Waals surface area contributed by atoms with Crippen molar-refractivity contribution in [3.05, 3.63) is 29.3 Å². The molecule has 1 aromatic carbocycles. The van der Waals surface area contributed by atoms with E-state index in [1.807, 2.05) is 0 Å². The van der Waals surface area contributed by atoms with Crippen molar-refractivity contribution in [2.75, 3.05) is 27.4 Å². The molecule has 1 rings (SSSR count). The standard InChI is InChI=1S/C12H14O6/c1-16-5-6-18-8-3-4-9(11(13)14)10(7-8)12(15)17-2/h3-4,7H,5-6H2,1-2H3,(H,13,14). The molecule has 0 aliphatic rings. The van der Waals surface area contributed by atoms with Crippen LogP contribution in [-0.2, 0) is 9.47 Å². The van der Waals surface area contributed by atoms with Gasteiger partial charge < -0.3 is 19.3 Å². The molecule has 0 unspecified atom stereocenters. The summed E-state index contributed by atoms with van der Waals surface area (Å²) in [6.07, 6.45) is 0. The summed E-state index contributed by atoms with van der Waals surface area (Å²) in [5, 5.41) is 8.95. The summed E-state index contributed by atoms with van der Waals surface area (Å²) in [5.41, 5.74) is -0.166. The molecule has 0 spiro atoms. The Morgan fingerprint density at radius 2 is 1.89 bits per heavy atom. The Balaban J connectivity index is 2.98. The lowest BCUT2D eigenvalue weighted by Crippen LogP contribution is -2.11. The van der Waals surface area contributed by atoms with Crippen molar-refractivity contribution in [1.29, 1.82) is 0 Å². The molecule has 0 aromatic heterocycles. The van der Waals surface area contributed by atoms with Crippen LogP contribution in [0.4, 0.5) is 0 Å². The van der Waals surface area contributed by atoms with Gasteiger partial charge in [0.25, 0.3) is 0 Å². The number of benzene rings is 1. The largest absolute Gasteiger partial charge is 0.491 e. The van der Waals surface area contributed by atoms with Gasteiger partial charge >= 0.3 is 11.9 Å². The summed E-state index contributed by atoms with van der Waals surface area (Å²) < 4.78 is 14.6. The van der Waals surface area contributed by atoms with Gasteiger partial charge in [0.05, 0.1) is 24.8 Å². The van der Waals surface area contributed by atoms with Gasteiger partial charge in [0.1, 0.15) is 12.4 Å². The molecular weight excluding hydrogens is 240 g/mol. The number of carbonyl (C=O) groups excluding carboxylic acids is 1. The van der Waals surface area contributed by atoms with Gasteiger partial charge in [0.15, 0.2) is 0 Å². The van der Waals surface area contributed by atoms with Crippen LogP contribution in [0.15, 0.2) is 18.2 Å². The number of esters is 1. The molecule has 0 atom stereocenters. The monoisotopic (exact) mass is 254 g/mol. The van der Waals surface area contributed by atoms with E-state index in [0.29, 0.717) is 19.0 Å². The van der Waals surface area contributed by atoms with E-state index in [0.717, 1.165) is 0 Å². The molecule has 0 aliphatic heterocycles. The Kier molecular flexibility index (Phi) is 5.13. The zero-order valence-corrected chi connectivity index (χ0v) is 10.1. The van der Waals surface area contributed by atoms with Crippen molar-refractivity contribution in [3.63, 3.8) is 0 Å². The number of hydrogen-bond acceptors (Lipinski definition) is 5. The van der Waals surface area contributed by atoms with Crippen molar-refractivity contribution < 1.29 is 28.9 Å². The van der Waals surface area contributed by atoms with E-state index >= 15 is 0 Å². The quantitative estimate of drug-likeness (QED) is 0.606. The van der Waals surface area contributed by atoms with Crippen LogP contribution in [0.5, 0.6) is 5.75 Å². The van der Waals surface area contributed by atoms with Crippen LogP contribution in [0.2, 0.25) is 0 Å². The smallest absolute Gasteiger partial charge is 0.338 e. The Hall–Kier alpha value is -2.08. The molecule has 0 aliphatic carbocycles. The van der Waals surface area contributed by atoms with E-state index in [-0.39, 0.29) is 11.1 Å². The average molecular weight is 254 g/mol. The number of aromatic carboxylic acids is 1. The highest BCUT2D eigenvalue weighted by atomic mass is 16.5. The van der Waals surface area contributed by atoms with Crippen LogP contribution < -0.4 is 4.74 Å². The Morgan fingerprint density at radius 3 is 2.44 bits per heavy atom. The third-order valence-corrected chi connectivity index (χ3v) is 2.18. The minimum Gasteiger partial charge on any atom is -0.491 e. The summed E-state index contributed by atoms with van der Waals surface area (Å²) in [4.78, 5) is 22.4. The van der Waals surface area contributed by atoms with E-state index in [2.05, 4.69) is 4.74 Å². The minimum atomic E-state index is -1.20. The normalized spacial score (nSPS) is 9.89. The van der Waals surface area contributed by atoms with Crippen molar-refractivity contribution in [2.24, 2.45) is 0 Å². The first kappa shape index (κ1) is 14.0. The van der Waals surface area contributed by atoms with Crippen molar-refractivity contribution >= 4 is 11.9 Å². The molecule has 0 amide bonds. The zero-order chi connectivity index (χ0) is 13.5. The molecule has 0 saturated carbocycles. The van der Waals surface area contributed by atoms with E-state index in [9.17, 15) is 9.59 Å². The molecule has 0 heterocycles. The Labute approximate surface area is 104 Å². The maximum Gasteiger partial charge on any atom is 0.338 e. The minimum absolute atomic E-state index is 0.0417. The molecule has 1 aromatic rings. The van der Waals surface area contributed by atoms with Crippen LogP contribution in [0.3, 0.4) is 0 Å². The summed E-state index contributed by atoms with van der Waals surface area (Å²) in [6.45, 7) is 0.706. The first-order valence-corrected chi connectivity index (χ1v) is 5.17. The zero-order valence-electron chi connectivity index (χ0n) is 10.1. The van der Waals surface area contributed by atoms with Crippen LogP contribution in [0, 0.1) is 0 Å². The lowest BCUT2D eigenvalue weighted by molar-refractivity contribution is 0.0582. The second-order valence-corrected chi connectivity index (χ2v) is 3.35. The second kappa shape index (κ2) is 6.61. The van der Waals surface area contributed by atoms with E-state index in [1.54, 1.807) is 0 Å². The first-order chi connectivity index (χ1) is 8.60. The van der Waals surface area contributed by atoms with Gasteiger partial charge in [-0.05, 0) is 18.2 Å².